The molecule has 0 radical (unpaired) electrons. The van der Waals surface area contributed by atoms with Crippen LogP contribution in [-0.2, 0) is 5.41 Å². The van der Waals surface area contributed by atoms with Crippen LogP contribution < -0.4 is 0 Å². The van der Waals surface area contributed by atoms with Crippen molar-refractivity contribution in [3.8, 4) is 44.5 Å². The fraction of sp³-hybridized carbons (Fsp3) is 0.0492. The summed E-state index contributed by atoms with van der Waals surface area (Å²) in [5.41, 5.74) is 13.0. The Hall–Kier alpha value is -7.54. The van der Waals surface area contributed by atoms with Gasteiger partial charge in [-0.2, -0.15) is 0 Å². The maximum Gasteiger partial charge on any atom is 0.0165 e. The van der Waals surface area contributed by atoms with E-state index in [1.54, 1.807) is 0 Å². The van der Waals surface area contributed by atoms with Crippen LogP contribution in [0.15, 0.2) is 206 Å². The lowest BCUT2D eigenvalue weighted by molar-refractivity contribution is 0.666. The minimum Gasteiger partial charge on any atom is -0.0619 e. The Morgan fingerprint density at radius 2 is 0.623 bits per heavy atom. The highest BCUT2D eigenvalue weighted by Crippen LogP contribution is 2.52. The van der Waals surface area contributed by atoms with E-state index in [1.807, 2.05) is 0 Å². The summed E-state index contributed by atoms with van der Waals surface area (Å²) in [7, 11) is 0. The first-order valence-corrected chi connectivity index (χ1v) is 21.5. The van der Waals surface area contributed by atoms with Gasteiger partial charge in [0, 0.05) is 5.41 Å². The Balaban J connectivity index is 0.819. The molecule has 0 saturated heterocycles. The Labute approximate surface area is 355 Å². The highest BCUT2D eigenvalue weighted by molar-refractivity contribution is 6.18. The molecule has 0 atom stereocenters. The number of benzene rings is 12. The molecule has 0 aliphatic heterocycles. The van der Waals surface area contributed by atoms with Crippen molar-refractivity contribution < 1.29 is 0 Å². The maximum absolute atomic E-state index is 2.40. The summed E-state index contributed by atoms with van der Waals surface area (Å²) in [5.74, 6) is 0. The van der Waals surface area contributed by atoms with Crippen LogP contribution in [0, 0.1) is 0 Å². The van der Waals surface area contributed by atoms with Gasteiger partial charge in [0.2, 0.25) is 0 Å². The van der Waals surface area contributed by atoms with E-state index in [4.69, 9.17) is 0 Å². The first-order valence-electron chi connectivity index (χ1n) is 21.5. The predicted molar refractivity (Wildman–Crippen MR) is 263 cm³/mol. The number of fused-ring (bicyclic) bond motifs is 14. The molecule has 0 heteroatoms. The normalized spacial score (nSPS) is 13.2. The zero-order valence-corrected chi connectivity index (χ0v) is 34.1. The van der Waals surface area contributed by atoms with E-state index in [2.05, 4.69) is 220 Å². The summed E-state index contributed by atoms with van der Waals surface area (Å²) in [5, 5.41) is 18.0. The van der Waals surface area contributed by atoms with Crippen LogP contribution in [0.2, 0.25) is 0 Å². The number of hydrogen-bond acceptors (Lipinski definition) is 0. The molecule has 0 bridgehead atoms. The van der Waals surface area contributed by atoms with E-state index in [0.717, 1.165) is 0 Å². The van der Waals surface area contributed by atoms with Crippen LogP contribution in [0.5, 0.6) is 0 Å². The van der Waals surface area contributed by atoms with Gasteiger partial charge in [0.1, 0.15) is 0 Å². The second-order valence-corrected chi connectivity index (χ2v) is 17.7. The Kier molecular flexibility index (Phi) is 7.17. The van der Waals surface area contributed by atoms with Crippen LogP contribution in [-0.4, -0.2) is 0 Å². The fourth-order valence-electron chi connectivity index (χ4n) is 10.8. The predicted octanol–water partition coefficient (Wildman–Crippen LogP) is 17.1. The Morgan fingerprint density at radius 1 is 0.246 bits per heavy atom. The van der Waals surface area contributed by atoms with Crippen molar-refractivity contribution in [2.24, 2.45) is 0 Å². The van der Waals surface area contributed by atoms with Crippen molar-refractivity contribution in [1.82, 2.24) is 0 Å². The molecule has 0 spiro atoms. The summed E-state index contributed by atoms with van der Waals surface area (Å²) in [6, 6.07) is 77.5. The molecule has 0 aromatic heterocycles. The van der Waals surface area contributed by atoms with Crippen molar-refractivity contribution in [1.29, 1.82) is 0 Å². The molecule has 12 aromatic carbocycles. The standard InChI is InChI=1S/C61H40/c1-61(2)59-10-6-5-9-54(59)56-30-29-53-55(60(56)61)28-25-39-12-14-49(36-58(39)53)47-22-20-43-32-41(16-18-45(43)34-47)40-15-17-44-33-46(21-19-42(44)31-40)48-13-11-38-24-26-51-50-8-4-3-7-37(50)23-27-52(51)57(38)35-48/h3-36H,1-2H3. The molecular formula is C61H40. The molecule has 13 rings (SSSR count). The maximum atomic E-state index is 2.40. The van der Waals surface area contributed by atoms with Gasteiger partial charge >= 0.3 is 0 Å². The molecular weight excluding hydrogens is 733 g/mol. The van der Waals surface area contributed by atoms with Crippen LogP contribution in [0.4, 0.5) is 0 Å². The quantitative estimate of drug-likeness (QED) is 0.157. The van der Waals surface area contributed by atoms with Crippen LogP contribution in [0.3, 0.4) is 0 Å². The zero-order chi connectivity index (χ0) is 40.4. The zero-order valence-electron chi connectivity index (χ0n) is 34.1. The summed E-state index contributed by atoms with van der Waals surface area (Å²) >= 11 is 0. The van der Waals surface area contributed by atoms with E-state index in [9.17, 15) is 0 Å². The number of hydrogen-bond donors (Lipinski definition) is 0. The van der Waals surface area contributed by atoms with Crippen molar-refractivity contribution in [2.45, 2.75) is 19.3 Å². The largest absolute Gasteiger partial charge is 0.0619 e. The average molecular weight is 773 g/mol. The third kappa shape index (κ3) is 5.19. The molecule has 61 heavy (non-hydrogen) atoms. The molecule has 0 nitrogen and oxygen atoms in total. The lowest BCUT2D eigenvalue weighted by atomic mass is 9.79. The van der Waals surface area contributed by atoms with Gasteiger partial charge in [0.15, 0.2) is 0 Å². The van der Waals surface area contributed by atoms with E-state index < -0.39 is 0 Å². The molecule has 12 aromatic rings. The summed E-state index contributed by atoms with van der Waals surface area (Å²) in [6.45, 7) is 4.76. The monoisotopic (exact) mass is 772 g/mol. The van der Waals surface area contributed by atoms with Gasteiger partial charge in [-0.3, -0.25) is 0 Å². The minimum absolute atomic E-state index is 0.0457. The molecule has 0 N–H and O–H groups in total. The molecule has 0 heterocycles. The van der Waals surface area contributed by atoms with Gasteiger partial charge in [0.25, 0.3) is 0 Å². The Morgan fingerprint density at radius 3 is 1.18 bits per heavy atom. The molecule has 0 fully saturated rings. The van der Waals surface area contributed by atoms with Crippen molar-refractivity contribution in [3.05, 3.63) is 217 Å². The highest BCUT2D eigenvalue weighted by Gasteiger charge is 2.36. The summed E-state index contributed by atoms with van der Waals surface area (Å²) in [6.07, 6.45) is 0. The van der Waals surface area contributed by atoms with Gasteiger partial charge in [0.05, 0.1) is 0 Å². The van der Waals surface area contributed by atoms with Gasteiger partial charge in [-0.25, -0.2) is 0 Å². The third-order valence-corrected chi connectivity index (χ3v) is 14.0. The van der Waals surface area contributed by atoms with Gasteiger partial charge in [-0.1, -0.05) is 184 Å². The van der Waals surface area contributed by atoms with Crippen molar-refractivity contribution >= 4 is 75.4 Å². The van der Waals surface area contributed by atoms with Gasteiger partial charge < -0.3 is 0 Å². The molecule has 1 aliphatic rings. The van der Waals surface area contributed by atoms with Gasteiger partial charge in [-0.05, 0) is 167 Å². The van der Waals surface area contributed by atoms with E-state index in [0.29, 0.717) is 0 Å². The Bertz CT molecular complexity index is 3840. The fourth-order valence-corrected chi connectivity index (χ4v) is 10.8. The van der Waals surface area contributed by atoms with Crippen molar-refractivity contribution in [3.63, 3.8) is 0 Å². The average Bonchev–Trinajstić information content (AvgIpc) is 3.56. The van der Waals surface area contributed by atoms with E-state index in [-0.39, 0.29) is 5.41 Å². The third-order valence-electron chi connectivity index (χ3n) is 14.0. The topological polar surface area (TPSA) is 0 Å². The van der Waals surface area contributed by atoms with Crippen LogP contribution >= 0.6 is 0 Å². The molecule has 1 aliphatic carbocycles. The van der Waals surface area contributed by atoms with Crippen LogP contribution in [0.25, 0.3) is 120 Å². The first-order chi connectivity index (χ1) is 29.9. The first kappa shape index (κ1) is 34.3. The van der Waals surface area contributed by atoms with Crippen molar-refractivity contribution in [2.75, 3.05) is 0 Å². The van der Waals surface area contributed by atoms with Gasteiger partial charge in [-0.15, -0.1) is 0 Å². The molecule has 284 valence electrons. The lowest BCUT2D eigenvalue weighted by Crippen LogP contribution is -2.15. The van der Waals surface area contributed by atoms with E-state index in [1.165, 1.54) is 131 Å². The van der Waals surface area contributed by atoms with E-state index >= 15 is 0 Å². The molecule has 0 unspecified atom stereocenters. The summed E-state index contributed by atoms with van der Waals surface area (Å²) < 4.78 is 0. The smallest absolute Gasteiger partial charge is 0.0165 e. The second-order valence-electron chi connectivity index (χ2n) is 17.7. The number of rotatable bonds is 3. The van der Waals surface area contributed by atoms with Crippen LogP contribution in [0.1, 0.15) is 25.0 Å². The minimum atomic E-state index is -0.0457. The highest BCUT2D eigenvalue weighted by atomic mass is 14.4. The molecule has 0 amide bonds. The lowest BCUT2D eigenvalue weighted by Gasteiger charge is -2.23. The second kappa shape index (κ2) is 12.7. The summed E-state index contributed by atoms with van der Waals surface area (Å²) in [4.78, 5) is 0. The molecule has 0 saturated carbocycles. The SMILES string of the molecule is CC1(C)c2ccccc2-c2ccc3c(ccc4ccc(-c5ccc6cc(-c7ccc8cc(-c9ccc%10ccc%11c%12ccccc%12ccc%11c%10c9)ccc8c7)ccc6c5)cc43)c21.